The molecule has 5 saturated carbocycles. The van der Waals surface area contributed by atoms with Crippen molar-refractivity contribution in [2.45, 2.75) is 44.4 Å². The van der Waals surface area contributed by atoms with Gasteiger partial charge in [-0.3, -0.25) is 4.79 Å². The Hall–Kier alpha value is -1.65. The summed E-state index contributed by atoms with van der Waals surface area (Å²) in [6.07, 6.45) is 6.93. The number of hydrogen-bond acceptors (Lipinski definition) is 4. The summed E-state index contributed by atoms with van der Waals surface area (Å²) >= 11 is 1.57. The molecule has 0 radical (unpaired) electrons. The lowest BCUT2D eigenvalue weighted by Crippen LogP contribution is -2.50. The second kappa shape index (κ2) is 4.70. The summed E-state index contributed by atoms with van der Waals surface area (Å²) in [5.41, 5.74) is -1.34. The minimum absolute atomic E-state index is 0.201. The topological polar surface area (TPSA) is 64.7 Å². The summed E-state index contributed by atoms with van der Waals surface area (Å²) in [6, 6.07) is 8.38. The van der Waals surface area contributed by atoms with Crippen LogP contribution in [-0.2, 0) is 4.79 Å². The lowest BCUT2D eigenvalue weighted by Gasteiger charge is -2.56. The summed E-state index contributed by atoms with van der Waals surface area (Å²) in [5.74, 6) is 1.77. The van der Waals surface area contributed by atoms with Crippen LogP contribution in [0.1, 0.15) is 49.3 Å². The Balaban J connectivity index is 1.51. The summed E-state index contributed by atoms with van der Waals surface area (Å²) in [4.78, 5) is 14.6. The molecule has 24 heavy (non-hydrogen) atoms. The van der Waals surface area contributed by atoms with E-state index in [1.54, 1.807) is 11.3 Å². The highest BCUT2D eigenvalue weighted by molar-refractivity contribution is 7.10. The molecule has 0 amide bonds. The van der Waals surface area contributed by atoms with Crippen molar-refractivity contribution in [3.63, 3.8) is 0 Å². The second-order valence-corrected chi connectivity index (χ2v) is 9.60. The van der Waals surface area contributed by atoms with E-state index in [-0.39, 0.29) is 17.1 Å². The average Bonchev–Trinajstić information content (AvgIpc) is 2.93. The monoisotopic (exact) mass is 336 g/mol. The van der Waals surface area contributed by atoms with E-state index in [0.717, 1.165) is 24.1 Å². The SMILES string of the molecule is N#CC1(C#N)C(c2cccs2)[C@@H]1C(=O)C12CC3CC(CC(C3)C1)C2. The first-order valence-electron chi connectivity index (χ1n) is 9.02. The molecule has 6 rings (SSSR count). The quantitative estimate of drug-likeness (QED) is 0.827. The molecule has 1 aromatic rings. The van der Waals surface area contributed by atoms with Gasteiger partial charge in [0.15, 0.2) is 5.41 Å². The van der Waals surface area contributed by atoms with Crippen molar-refractivity contribution in [2.75, 3.05) is 0 Å². The third kappa shape index (κ3) is 1.73. The van der Waals surface area contributed by atoms with Crippen molar-refractivity contribution in [3.8, 4) is 12.1 Å². The van der Waals surface area contributed by atoms with Crippen LogP contribution in [-0.4, -0.2) is 5.78 Å². The summed E-state index contributed by atoms with van der Waals surface area (Å²) in [5, 5.41) is 21.4. The molecule has 2 atom stereocenters. The second-order valence-electron chi connectivity index (χ2n) is 8.63. The molecule has 1 aromatic heterocycles. The van der Waals surface area contributed by atoms with E-state index in [4.69, 9.17) is 0 Å². The molecule has 5 aliphatic rings. The van der Waals surface area contributed by atoms with E-state index in [2.05, 4.69) is 12.1 Å². The largest absolute Gasteiger partial charge is 0.299 e. The summed E-state index contributed by atoms with van der Waals surface area (Å²) in [7, 11) is 0. The van der Waals surface area contributed by atoms with Gasteiger partial charge in [0.25, 0.3) is 0 Å². The number of hydrogen-bond donors (Lipinski definition) is 0. The lowest BCUT2D eigenvalue weighted by atomic mass is 9.48. The maximum absolute atomic E-state index is 13.6. The number of rotatable bonds is 3. The van der Waals surface area contributed by atoms with Crippen LogP contribution < -0.4 is 0 Å². The van der Waals surface area contributed by atoms with E-state index in [9.17, 15) is 15.3 Å². The van der Waals surface area contributed by atoms with Gasteiger partial charge in [-0.05, 0) is 67.7 Å². The molecule has 4 heteroatoms. The fourth-order valence-corrected chi connectivity index (χ4v) is 7.59. The molecule has 1 unspecified atom stereocenters. The molecule has 0 spiro atoms. The third-order valence-corrected chi connectivity index (χ3v) is 8.22. The Morgan fingerprint density at radius 1 is 1.08 bits per heavy atom. The van der Waals surface area contributed by atoms with Crippen LogP contribution in [0.3, 0.4) is 0 Å². The first-order chi connectivity index (χ1) is 11.6. The van der Waals surface area contributed by atoms with Gasteiger partial charge in [-0.1, -0.05) is 6.07 Å². The molecule has 0 saturated heterocycles. The molecule has 1 heterocycles. The Bertz CT molecular complexity index is 732. The van der Waals surface area contributed by atoms with Crippen molar-refractivity contribution in [1.29, 1.82) is 10.5 Å². The number of nitriles is 2. The predicted molar refractivity (Wildman–Crippen MR) is 89.8 cm³/mol. The van der Waals surface area contributed by atoms with Crippen molar-refractivity contribution in [1.82, 2.24) is 0 Å². The molecule has 5 aliphatic carbocycles. The van der Waals surface area contributed by atoms with Gasteiger partial charge >= 0.3 is 0 Å². The Morgan fingerprint density at radius 2 is 1.67 bits per heavy atom. The van der Waals surface area contributed by atoms with Crippen LogP contribution in [0.25, 0.3) is 0 Å². The van der Waals surface area contributed by atoms with Gasteiger partial charge in [0.05, 0.1) is 18.1 Å². The fourth-order valence-electron chi connectivity index (χ4n) is 6.65. The number of carbonyl (C=O) groups excluding carboxylic acids is 1. The maximum atomic E-state index is 13.6. The molecule has 0 aliphatic heterocycles. The molecule has 0 N–H and O–H groups in total. The standard InChI is InChI=1S/C20H20N2OS/c21-10-20(11-22)16(15-2-1-3-24-15)17(20)18(23)19-7-12-4-13(8-19)6-14(5-12)9-19/h1-3,12-14,16-17H,4-9H2/t12?,13?,14?,16?,17-,19?/m1/s1. The van der Waals surface area contributed by atoms with Gasteiger partial charge in [-0.2, -0.15) is 10.5 Å². The highest BCUT2D eigenvalue weighted by atomic mass is 32.1. The number of thiophene rings is 1. The van der Waals surface area contributed by atoms with Gasteiger partial charge in [0.1, 0.15) is 5.78 Å². The minimum Gasteiger partial charge on any atom is -0.299 e. The smallest absolute Gasteiger partial charge is 0.162 e. The molecule has 5 fully saturated rings. The van der Waals surface area contributed by atoms with Crippen LogP contribution in [0.15, 0.2) is 17.5 Å². The van der Waals surface area contributed by atoms with E-state index in [0.29, 0.717) is 17.8 Å². The van der Waals surface area contributed by atoms with Gasteiger partial charge < -0.3 is 0 Å². The Morgan fingerprint density at radius 3 is 2.12 bits per heavy atom. The van der Waals surface area contributed by atoms with Crippen molar-refractivity contribution < 1.29 is 4.79 Å². The predicted octanol–water partition coefficient (Wildman–Crippen LogP) is 4.28. The summed E-state index contributed by atoms with van der Waals surface area (Å²) < 4.78 is 0. The van der Waals surface area contributed by atoms with Crippen LogP contribution in [0.4, 0.5) is 0 Å². The van der Waals surface area contributed by atoms with Gasteiger partial charge in [0, 0.05) is 16.2 Å². The molecule has 0 aromatic carbocycles. The molecule has 3 nitrogen and oxygen atoms in total. The average molecular weight is 336 g/mol. The minimum atomic E-state index is -1.12. The molecule has 122 valence electrons. The van der Waals surface area contributed by atoms with Gasteiger partial charge in [-0.15, -0.1) is 11.3 Å². The maximum Gasteiger partial charge on any atom is 0.162 e. The molecule has 4 bridgehead atoms. The van der Waals surface area contributed by atoms with Crippen LogP contribution >= 0.6 is 11.3 Å². The number of carbonyl (C=O) groups is 1. The lowest BCUT2D eigenvalue weighted by molar-refractivity contribution is -0.145. The van der Waals surface area contributed by atoms with Crippen LogP contribution in [0.2, 0.25) is 0 Å². The zero-order chi connectivity index (χ0) is 16.5. The number of nitrogens with zero attached hydrogens (tertiary/aromatic N) is 2. The van der Waals surface area contributed by atoms with Gasteiger partial charge in [-0.25, -0.2) is 0 Å². The Kier molecular flexibility index (Phi) is 2.88. The zero-order valence-electron chi connectivity index (χ0n) is 13.6. The van der Waals surface area contributed by atoms with Crippen LogP contribution in [0.5, 0.6) is 0 Å². The highest BCUT2D eigenvalue weighted by Crippen LogP contribution is 2.70. The van der Waals surface area contributed by atoms with Crippen LogP contribution in [0, 0.1) is 57.2 Å². The van der Waals surface area contributed by atoms with Crippen molar-refractivity contribution >= 4 is 17.1 Å². The molecular formula is C20H20N2OS. The summed E-state index contributed by atoms with van der Waals surface area (Å²) in [6.45, 7) is 0. The highest BCUT2D eigenvalue weighted by Gasteiger charge is 2.74. The van der Waals surface area contributed by atoms with Crippen molar-refractivity contribution in [3.05, 3.63) is 22.4 Å². The number of Topliss-reactive ketones (excluding diaryl/α,β-unsaturated/α-hetero) is 1. The zero-order valence-corrected chi connectivity index (χ0v) is 14.4. The number of ketones is 1. The fraction of sp³-hybridized carbons (Fsp3) is 0.650. The van der Waals surface area contributed by atoms with E-state index in [1.807, 2.05) is 17.5 Å². The third-order valence-electron chi connectivity index (χ3n) is 7.27. The van der Waals surface area contributed by atoms with Gasteiger partial charge in [0.2, 0.25) is 0 Å². The van der Waals surface area contributed by atoms with Crippen molar-refractivity contribution in [2.24, 2.45) is 34.5 Å². The Labute approximate surface area is 146 Å². The first-order valence-corrected chi connectivity index (χ1v) is 9.90. The molecular weight excluding hydrogens is 316 g/mol. The van der Waals surface area contributed by atoms with E-state index >= 15 is 0 Å². The normalized spacial score (nSPS) is 43.8. The first kappa shape index (κ1) is 14.7. The van der Waals surface area contributed by atoms with E-state index < -0.39 is 11.3 Å². The van der Waals surface area contributed by atoms with E-state index in [1.165, 1.54) is 19.3 Å².